The average Bonchev–Trinajstić information content (AvgIpc) is 2.54. The molecule has 0 fully saturated rings. The summed E-state index contributed by atoms with van der Waals surface area (Å²) in [5.41, 5.74) is 4.28. The summed E-state index contributed by atoms with van der Waals surface area (Å²) in [6.07, 6.45) is 0.111. The summed E-state index contributed by atoms with van der Waals surface area (Å²) in [5.74, 6) is 1.12. The van der Waals surface area contributed by atoms with E-state index >= 15 is 0 Å². The first-order valence-corrected chi connectivity index (χ1v) is 8.55. The molecule has 0 unspecified atom stereocenters. The van der Waals surface area contributed by atoms with Crippen LogP contribution in [-0.4, -0.2) is 12.0 Å². The smallest absolute Gasteiger partial charge is 0.265 e. The van der Waals surface area contributed by atoms with Gasteiger partial charge in [-0.2, -0.15) is 0 Å². The molecule has 0 aliphatic rings. The molecule has 0 saturated heterocycles. The highest BCUT2D eigenvalue weighted by Gasteiger charge is 2.19. The van der Waals surface area contributed by atoms with Crippen molar-refractivity contribution in [2.75, 3.05) is 5.32 Å². The molecule has 128 valence electrons. The first-order chi connectivity index (χ1) is 11.4. The normalized spacial score (nSPS) is 12.1. The number of carbonyl (C=O) groups excluding carboxylic acids is 1. The molecule has 3 heteroatoms. The third kappa shape index (κ3) is 4.60. The van der Waals surface area contributed by atoms with Crippen LogP contribution >= 0.6 is 0 Å². The van der Waals surface area contributed by atoms with Gasteiger partial charge in [-0.3, -0.25) is 4.79 Å². The molecule has 0 aliphatic heterocycles. The Bertz CT molecular complexity index is 689. The Morgan fingerprint density at radius 1 is 1.08 bits per heavy atom. The van der Waals surface area contributed by atoms with Gasteiger partial charge in [-0.25, -0.2) is 0 Å². The quantitative estimate of drug-likeness (QED) is 0.790. The molecule has 0 saturated carbocycles. The van der Waals surface area contributed by atoms with E-state index in [1.807, 2.05) is 57.2 Å². The average molecular weight is 325 g/mol. The van der Waals surface area contributed by atoms with Crippen LogP contribution in [0.2, 0.25) is 0 Å². The van der Waals surface area contributed by atoms with Gasteiger partial charge in [0.15, 0.2) is 6.10 Å². The van der Waals surface area contributed by atoms with Crippen molar-refractivity contribution in [1.29, 1.82) is 0 Å². The van der Waals surface area contributed by atoms with Crippen LogP contribution in [0.4, 0.5) is 5.69 Å². The van der Waals surface area contributed by atoms with Crippen molar-refractivity contribution in [3.63, 3.8) is 0 Å². The Labute approximate surface area is 145 Å². The fourth-order valence-electron chi connectivity index (χ4n) is 2.58. The number of nitrogens with one attached hydrogen (secondary N) is 1. The molecule has 0 heterocycles. The van der Waals surface area contributed by atoms with E-state index in [9.17, 15) is 4.79 Å². The van der Waals surface area contributed by atoms with Crippen molar-refractivity contribution in [3.8, 4) is 5.75 Å². The van der Waals surface area contributed by atoms with Crippen LogP contribution in [0.25, 0.3) is 0 Å². The van der Waals surface area contributed by atoms with E-state index in [1.165, 1.54) is 11.1 Å². The number of benzene rings is 2. The zero-order chi connectivity index (χ0) is 17.7. The molecule has 2 aromatic rings. The van der Waals surface area contributed by atoms with Crippen molar-refractivity contribution in [2.45, 2.75) is 53.1 Å². The number of hydrogen-bond acceptors (Lipinski definition) is 2. The second kappa shape index (κ2) is 8.00. The number of amides is 1. The Morgan fingerprint density at radius 3 is 2.29 bits per heavy atom. The monoisotopic (exact) mass is 325 g/mol. The van der Waals surface area contributed by atoms with Crippen LogP contribution in [0.3, 0.4) is 0 Å². The zero-order valence-corrected chi connectivity index (χ0v) is 15.2. The molecule has 0 bridgehead atoms. The lowest BCUT2D eigenvalue weighted by Gasteiger charge is -2.19. The van der Waals surface area contributed by atoms with Gasteiger partial charge in [-0.15, -0.1) is 0 Å². The van der Waals surface area contributed by atoms with E-state index in [1.54, 1.807) is 0 Å². The van der Waals surface area contributed by atoms with Gasteiger partial charge in [0.25, 0.3) is 5.91 Å². The molecular weight excluding hydrogens is 298 g/mol. The summed E-state index contributed by atoms with van der Waals surface area (Å²) in [7, 11) is 0. The molecule has 1 amide bonds. The van der Waals surface area contributed by atoms with Gasteiger partial charge in [0.2, 0.25) is 0 Å². The Morgan fingerprint density at radius 2 is 1.75 bits per heavy atom. The number of carbonyl (C=O) groups is 1. The predicted octanol–water partition coefficient (Wildman–Crippen LogP) is 5.22. The van der Waals surface area contributed by atoms with Crippen LogP contribution in [0.5, 0.6) is 5.75 Å². The Balaban J connectivity index is 2.05. The van der Waals surface area contributed by atoms with Gasteiger partial charge in [0, 0.05) is 5.69 Å². The lowest BCUT2D eigenvalue weighted by Crippen LogP contribution is -2.32. The van der Waals surface area contributed by atoms with Crippen LogP contribution < -0.4 is 10.1 Å². The van der Waals surface area contributed by atoms with Gasteiger partial charge < -0.3 is 10.1 Å². The number of rotatable bonds is 6. The van der Waals surface area contributed by atoms with E-state index in [4.69, 9.17) is 4.74 Å². The summed E-state index contributed by atoms with van der Waals surface area (Å²) in [4.78, 5) is 12.5. The minimum absolute atomic E-state index is 0.116. The van der Waals surface area contributed by atoms with Crippen LogP contribution in [0.15, 0.2) is 42.5 Å². The van der Waals surface area contributed by atoms with Gasteiger partial charge in [-0.1, -0.05) is 50.6 Å². The lowest BCUT2D eigenvalue weighted by atomic mass is 10.0. The highest BCUT2D eigenvalue weighted by molar-refractivity contribution is 5.94. The standard InChI is InChI=1S/C21H27NO2/c1-6-19(24-20-12-7-15(4)13-16(20)5)21(23)22-18-10-8-17(9-11-18)14(2)3/h7-14,19H,6H2,1-5H3,(H,22,23)/t19-/m1/s1. The molecule has 1 N–H and O–H groups in total. The first-order valence-electron chi connectivity index (χ1n) is 8.55. The van der Waals surface area contributed by atoms with E-state index in [2.05, 4.69) is 25.2 Å². The summed E-state index contributed by atoms with van der Waals surface area (Å²) in [6, 6.07) is 14.0. The maximum Gasteiger partial charge on any atom is 0.265 e. The highest BCUT2D eigenvalue weighted by atomic mass is 16.5. The van der Waals surface area contributed by atoms with Crippen molar-refractivity contribution in [3.05, 3.63) is 59.2 Å². The Hall–Kier alpha value is -2.29. The fraction of sp³-hybridized carbons (Fsp3) is 0.381. The SMILES string of the molecule is CC[C@@H](Oc1ccc(C)cc1C)C(=O)Nc1ccc(C(C)C)cc1. The second-order valence-corrected chi connectivity index (χ2v) is 6.55. The van der Waals surface area contributed by atoms with Crippen LogP contribution in [0.1, 0.15) is 49.8 Å². The maximum atomic E-state index is 12.5. The van der Waals surface area contributed by atoms with Crippen LogP contribution in [0, 0.1) is 13.8 Å². The topological polar surface area (TPSA) is 38.3 Å². The first kappa shape index (κ1) is 18.1. The molecule has 0 spiro atoms. The van der Waals surface area contributed by atoms with E-state index in [0.29, 0.717) is 12.3 Å². The van der Waals surface area contributed by atoms with Gasteiger partial charge in [-0.05, 0) is 55.5 Å². The molecular formula is C21H27NO2. The largest absolute Gasteiger partial charge is 0.480 e. The summed E-state index contributed by atoms with van der Waals surface area (Å²) >= 11 is 0. The summed E-state index contributed by atoms with van der Waals surface area (Å²) in [6.45, 7) is 10.3. The number of ether oxygens (including phenoxy) is 1. The predicted molar refractivity (Wildman–Crippen MR) is 99.8 cm³/mol. The van der Waals surface area contributed by atoms with E-state index in [0.717, 1.165) is 17.0 Å². The summed E-state index contributed by atoms with van der Waals surface area (Å²) in [5, 5.41) is 2.95. The molecule has 1 atom stereocenters. The zero-order valence-electron chi connectivity index (χ0n) is 15.2. The molecule has 3 nitrogen and oxygen atoms in total. The van der Waals surface area contributed by atoms with Gasteiger partial charge in [0.1, 0.15) is 5.75 Å². The summed E-state index contributed by atoms with van der Waals surface area (Å²) < 4.78 is 5.93. The minimum atomic E-state index is -0.504. The minimum Gasteiger partial charge on any atom is -0.480 e. The molecule has 2 rings (SSSR count). The van der Waals surface area contributed by atoms with Crippen molar-refractivity contribution >= 4 is 11.6 Å². The van der Waals surface area contributed by atoms with Crippen molar-refractivity contribution in [1.82, 2.24) is 0 Å². The van der Waals surface area contributed by atoms with Gasteiger partial charge in [0.05, 0.1) is 0 Å². The third-order valence-corrected chi connectivity index (χ3v) is 4.11. The van der Waals surface area contributed by atoms with Crippen LogP contribution in [-0.2, 0) is 4.79 Å². The fourth-order valence-corrected chi connectivity index (χ4v) is 2.58. The molecule has 2 aromatic carbocycles. The Kier molecular flexibility index (Phi) is 6.02. The number of hydrogen-bond donors (Lipinski definition) is 1. The van der Waals surface area contributed by atoms with Crippen molar-refractivity contribution in [2.24, 2.45) is 0 Å². The second-order valence-electron chi connectivity index (χ2n) is 6.55. The number of anilines is 1. The molecule has 0 radical (unpaired) electrons. The molecule has 0 aromatic heterocycles. The van der Waals surface area contributed by atoms with Crippen molar-refractivity contribution < 1.29 is 9.53 Å². The number of aryl methyl sites for hydroxylation is 2. The van der Waals surface area contributed by atoms with E-state index < -0.39 is 6.10 Å². The third-order valence-electron chi connectivity index (χ3n) is 4.11. The lowest BCUT2D eigenvalue weighted by molar-refractivity contribution is -0.122. The molecule has 24 heavy (non-hydrogen) atoms. The van der Waals surface area contributed by atoms with E-state index in [-0.39, 0.29) is 5.91 Å². The highest BCUT2D eigenvalue weighted by Crippen LogP contribution is 2.22. The molecule has 0 aliphatic carbocycles. The van der Waals surface area contributed by atoms with Gasteiger partial charge >= 0.3 is 0 Å². The maximum absolute atomic E-state index is 12.5.